The number of esters is 1. The summed E-state index contributed by atoms with van der Waals surface area (Å²) < 4.78 is 5.47. The number of nitrogens with zero attached hydrogens (tertiary/aromatic N) is 1. The number of nitrogens with one attached hydrogen (secondary N) is 1. The van der Waals surface area contributed by atoms with E-state index < -0.39 is 5.60 Å². The molecule has 5 rings (SSSR count). The molecule has 0 saturated heterocycles. The Balaban J connectivity index is 1.28. The van der Waals surface area contributed by atoms with E-state index in [0.717, 1.165) is 64.8 Å². The molecule has 220 valence electrons. The molecule has 1 fully saturated rings. The number of fused-ring (bicyclic) bond motifs is 1. The number of benzene rings is 3. The van der Waals surface area contributed by atoms with Crippen LogP contribution in [0.5, 0.6) is 0 Å². The highest BCUT2D eigenvalue weighted by Gasteiger charge is 2.33. The molecule has 6 heteroatoms. The van der Waals surface area contributed by atoms with Crippen LogP contribution in [-0.4, -0.2) is 28.3 Å². The van der Waals surface area contributed by atoms with Crippen LogP contribution in [0.25, 0.3) is 0 Å². The number of amides is 2. The number of anilines is 1. The van der Waals surface area contributed by atoms with Gasteiger partial charge in [-0.05, 0) is 92.8 Å². The van der Waals surface area contributed by atoms with Gasteiger partial charge in [0.25, 0.3) is 5.91 Å². The van der Waals surface area contributed by atoms with Crippen LogP contribution in [0.15, 0.2) is 66.7 Å². The summed E-state index contributed by atoms with van der Waals surface area (Å²) in [6.07, 6.45) is 5.21. The Morgan fingerprint density at radius 3 is 2.38 bits per heavy atom. The Morgan fingerprint density at radius 1 is 0.976 bits per heavy atom. The van der Waals surface area contributed by atoms with Crippen LogP contribution in [0.1, 0.15) is 97.0 Å². The lowest BCUT2D eigenvalue weighted by Crippen LogP contribution is -2.27. The van der Waals surface area contributed by atoms with Gasteiger partial charge in [-0.1, -0.05) is 67.4 Å². The molecular formula is C36H42N2O4. The SMILES string of the molecule is Cc1c(CCC(=O)OC(C)(C)C)cccc1NC(=O)C(c1ccc(CN2Cc3ccccc3C2=O)cc1)C1CCCC1. The van der Waals surface area contributed by atoms with Crippen molar-refractivity contribution in [2.45, 2.75) is 90.8 Å². The summed E-state index contributed by atoms with van der Waals surface area (Å²) in [5.41, 5.74) is 6.21. The first-order chi connectivity index (χ1) is 20.1. The molecule has 0 bridgehead atoms. The van der Waals surface area contributed by atoms with Gasteiger partial charge < -0.3 is 15.0 Å². The number of ether oxygens (including phenoxy) is 1. The van der Waals surface area contributed by atoms with Crippen molar-refractivity contribution in [2.75, 3.05) is 5.32 Å². The molecule has 2 amide bonds. The molecule has 0 spiro atoms. The summed E-state index contributed by atoms with van der Waals surface area (Å²) in [6.45, 7) is 8.78. The fraction of sp³-hybridized carbons (Fsp3) is 0.417. The number of aryl methyl sites for hydroxylation is 1. The predicted octanol–water partition coefficient (Wildman–Crippen LogP) is 7.34. The maximum Gasteiger partial charge on any atom is 0.306 e. The predicted molar refractivity (Wildman–Crippen MR) is 165 cm³/mol. The molecule has 42 heavy (non-hydrogen) atoms. The third-order valence-corrected chi connectivity index (χ3v) is 8.48. The van der Waals surface area contributed by atoms with Crippen molar-refractivity contribution in [3.8, 4) is 0 Å². The number of carbonyl (C=O) groups excluding carboxylic acids is 3. The van der Waals surface area contributed by atoms with E-state index in [1.807, 2.05) is 75.1 Å². The van der Waals surface area contributed by atoms with E-state index in [4.69, 9.17) is 4.74 Å². The summed E-state index contributed by atoms with van der Waals surface area (Å²) in [4.78, 5) is 40.9. The standard InChI is InChI=1S/C36H42N2O4/c1-24-26(20-21-32(39)42-36(2,3)4)13-9-15-31(24)37-34(40)33(27-10-5-6-11-27)28-18-16-25(17-19-28)22-38-23-29-12-7-8-14-30(29)35(38)41/h7-9,12-19,27,33H,5-6,10-11,20-23H2,1-4H3,(H,37,40). The largest absolute Gasteiger partial charge is 0.460 e. The van der Waals surface area contributed by atoms with Gasteiger partial charge in [-0.25, -0.2) is 0 Å². The summed E-state index contributed by atoms with van der Waals surface area (Å²) in [6, 6.07) is 21.9. The van der Waals surface area contributed by atoms with E-state index in [2.05, 4.69) is 29.6 Å². The van der Waals surface area contributed by atoms with Crippen LogP contribution < -0.4 is 5.32 Å². The highest BCUT2D eigenvalue weighted by Crippen LogP contribution is 2.39. The first-order valence-electron chi connectivity index (χ1n) is 15.2. The minimum atomic E-state index is -0.507. The molecule has 0 radical (unpaired) electrons. The second-order valence-electron chi connectivity index (χ2n) is 12.7. The van der Waals surface area contributed by atoms with Crippen molar-refractivity contribution >= 4 is 23.5 Å². The summed E-state index contributed by atoms with van der Waals surface area (Å²) >= 11 is 0. The molecule has 1 saturated carbocycles. The minimum absolute atomic E-state index is 0.00668. The zero-order chi connectivity index (χ0) is 29.9. The highest BCUT2D eigenvalue weighted by atomic mass is 16.6. The Bertz CT molecular complexity index is 1450. The molecule has 0 aromatic heterocycles. The first kappa shape index (κ1) is 29.6. The topological polar surface area (TPSA) is 75.7 Å². The van der Waals surface area contributed by atoms with Crippen LogP contribution in [0.2, 0.25) is 0 Å². The Hall–Kier alpha value is -3.93. The van der Waals surface area contributed by atoms with E-state index in [9.17, 15) is 14.4 Å². The minimum Gasteiger partial charge on any atom is -0.460 e. The molecule has 1 N–H and O–H groups in total. The van der Waals surface area contributed by atoms with Gasteiger partial charge in [-0.3, -0.25) is 14.4 Å². The molecule has 1 aliphatic carbocycles. The van der Waals surface area contributed by atoms with Crippen LogP contribution >= 0.6 is 0 Å². The van der Waals surface area contributed by atoms with E-state index in [-0.39, 0.29) is 23.7 Å². The molecule has 3 aromatic rings. The van der Waals surface area contributed by atoms with Gasteiger partial charge in [0, 0.05) is 30.8 Å². The van der Waals surface area contributed by atoms with E-state index in [0.29, 0.717) is 31.8 Å². The third-order valence-electron chi connectivity index (χ3n) is 8.48. The lowest BCUT2D eigenvalue weighted by atomic mass is 9.83. The molecule has 1 atom stereocenters. The number of hydrogen-bond donors (Lipinski definition) is 1. The van der Waals surface area contributed by atoms with E-state index in [1.54, 1.807) is 0 Å². The average Bonchev–Trinajstić information content (AvgIpc) is 3.58. The second kappa shape index (κ2) is 12.5. The average molecular weight is 567 g/mol. The maximum atomic E-state index is 13.9. The second-order valence-corrected chi connectivity index (χ2v) is 12.7. The molecule has 2 aliphatic rings. The van der Waals surface area contributed by atoms with Crippen molar-refractivity contribution in [3.63, 3.8) is 0 Å². The lowest BCUT2D eigenvalue weighted by molar-refractivity contribution is -0.154. The Kier molecular flexibility index (Phi) is 8.81. The van der Waals surface area contributed by atoms with E-state index in [1.165, 1.54) is 0 Å². The van der Waals surface area contributed by atoms with Gasteiger partial charge in [-0.2, -0.15) is 0 Å². The zero-order valence-corrected chi connectivity index (χ0v) is 25.2. The van der Waals surface area contributed by atoms with Gasteiger partial charge in [0.05, 0.1) is 5.92 Å². The normalized spacial score (nSPS) is 15.9. The quantitative estimate of drug-likeness (QED) is 0.275. The fourth-order valence-corrected chi connectivity index (χ4v) is 6.35. The summed E-state index contributed by atoms with van der Waals surface area (Å²) in [7, 11) is 0. The summed E-state index contributed by atoms with van der Waals surface area (Å²) in [5.74, 6) is -0.0984. The van der Waals surface area contributed by atoms with Crippen molar-refractivity contribution in [3.05, 3.63) is 100 Å². The van der Waals surface area contributed by atoms with Gasteiger partial charge >= 0.3 is 5.97 Å². The lowest BCUT2D eigenvalue weighted by Gasteiger charge is -2.25. The van der Waals surface area contributed by atoms with Crippen molar-refractivity contribution in [1.29, 1.82) is 0 Å². The first-order valence-corrected chi connectivity index (χ1v) is 15.2. The maximum absolute atomic E-state index is 13.9. The van der Waals surface area contributed by atoms with Crippen molar-refractivity contribution < 1.29 is 19.1 Å². The highest BCUT2D eigenvalue weighted by molar-refractivity contribution is 5.98. The van der Waals surface area contributed by atoms with Gasteiger partial charge in [0.15, 0.2) is 0 Å². The van der Waals surface area contributed by atoms with Crippen LogP contribution in [0.3, 0.4) is 0 Å². The molecule has 1 unspecified atom stereocenters. The third kappa shape index (κ3) is 6.92. The van der Waals surface area contributed by atoms with Crippen molar-refractivity contribution in [2.24, 2.45) is 5.92 Å². The number of carbonyl (C=O) groups is 3. The number of hydrogen-bond acceptors (Lipinski definition) is 4. The molecular weight excluding hydrogens is 524 g/mol. The van der Waals surface area contributed by atoms with Crippen LogP contribution in [0, 0.1) is 12.8 Å². The molecule has 1 heterocycles. The van der Waals surface area contributed by atoms with E-state index >= 15 is 0 Å². The zero-order valence-electron chi connectivity index (χ0n) is 25.2. The van der Waals surface area contributed by atoms with Gasteiger partial charge in [-0.15, -0.1) is 0 Å². The van der Waals surface area contributed by atoms with Crippen molar-refractivity contribution in [1.82, 2.24) is 4.90 Å². The van der Waals surface area contributed by atoms with Crippen LogP contribution in [0.4, 0.5) is 5.69 Å². The number of rotatable bonds is 9. The summed E-state index contributed by atoms with van der Waals surface area (Å²) in [5, 5.41) is 3.23. The molecule has 1 aliphatic heterocycles. The Morgan fingerprint density at radius 2 is 1.69 bits per heavy atom. The van der Waals surface area contributed by atoms with Gasteiger partial charge in [0.1, 0.15) is 5.60 Å². The van der Waals surface area contributed by atoms with Crippen LogP contribution in [-0.2, 0) is 33.8 Å². The molecule has 6 nitrogen and oxygen atoms in total. The Labute approximate surface area is 249 Å². The molecule has 3 aromatic carbocycles. The van der Waals surface area contributed by atoms with Gasteiger partial charge in [0.2, 0.25) is 5.91 Å². The smallest absolute Gasteiger partial charge is 0.306 e. The fourth-order valence-electron chi connectivity index (χ4n) is 6.35. The monoisotopic (exact) mass is 566 g/mol.